The van der Waals surface area contributed by atoms with Gasteiger partial charge in [0.15, 0.2) is 5.76 Å². The zero-order chi connectivity index (χ0) is 18.1. The lowest BCUT2D eigenvalue weighted by Crippen LogP contribution is -2.12. The molecule has 7 heteroatoms. The normalized spacial score (nSPS) is 10.7. The maximum Gasteiger partial charge on any atom is 0.291 e. The van der Waals surface area contributed by atoms with E-state index in [9.17, 15) is 4.79 Å². The maximum atomic E-state index is 12.5. The fourth-order valence-corrected chi connectivity index (χ4v) is 3.96. The summed E-state index contributed by atoms with van der Waals surface area (Å²) in [6.45, 7) is 1.82. The predicted octanol–water partition coefficient (Wildman–Crippen LogP) is 6.27. The van der Waals surface area contributed by atoms with Crippen LogP contribution in [0, 0.1) is 6.92 Å². The van der Waals surface area contributed by atoms with E-state index in [2.05, 4.69) is 37.2 Å². The zero-order valence-electron chi connectivity index (χ0n) is 13.1. The third-order valence-corrected chi connectivity index (χ3v) is 5.02. The van der Waals surface area contributed by atoms with E-state index in [0.717, 1.165) is 20.1 Å². The summed E-state index contributed by atoms with van der Waals surface area (Å²) in [6.07, 6.45) is 0. The Morgan fingerprint density at radius 1 is 1.16 bits per heavy atom. The molecule has 1 aromatic heterocycles. The molecule has 25 heavy (non-hydrogen) atoms. The third-order valence-electron chi connectivity index (χ3n) is 3.57. The number of halogens is 3. The SMILES string of the molecule is Cc1cc(N)cc(Cl)c1NC(=O)c1ccc(-c2ccc(Br)cc2Br)o1. The molecule has 1 amide bonds. The van der Waals surface area contributed by atoms with Gasteiger partial charge in [-0.1, -0.05) is 27.5 Å². The Labute approximate surface area is 166 Å². The summed E-state index contributed by atoms with van der Waals surface area (Å²) in [5.41, 5.74) is 8.43. The molecular formula is C18H13Br2ClN2O2. The fourth-order valence-electron chi connectivity index (χ4n) is 2.40. The van der Waals surface area contributed by atoms with Crippen molar-refractivity contribution in [3.63, 3.8) is 0 Å². The van der Waals surface area contributed by atoms with Crippen molar-refractivity contribution < 1.29 is 9.21 Å². The van der Waals surface area contributed by atoms with Gasteiger partial charge in [0.1, 0.15) is 5.76 Å². The Balaban J connectivity index is 1.86. The second-order valence-electron chi connectivity index (χ2n) is 5.44. The summed E-state index contributed by atoms with van der Waals surface area (Å²) in [5, 5.41) is 3.15. The molecule has 0 bridgehead atoms. The highest BCUT2D eigenvalue weighted by Crippen LogP contribution is 2.33. The van der Waals surface area contributed by atoms with Crippen molar-refractivity contribution in [1.29, 1.82) is 0 Å². The largest absolute Gasteiger partial charge is 0.451 e. The van der Waals surface area contributed by atoms with Gasteiger partial charge in [0, 0.05) is 20.2 Å². The van der Waals surface area contributed by atoms with Crippen molar-refractivity contribution in [3.05, 3.63) is 67.8 Å². The van der Waals surface area contributed by atoms with Gasteiger partial charge in [-0.25, -0.2) is 0 Å². The van der Waals surface area contributed by atoms with Gasteiger partial charge in [0.05, 0.1) is 10.7 Å². The lowest BCUT2D eigenvalue weighted by Gasteiger charge is -2.10. The highest BCUT2D eigenvalue weighted by Gasteiger charge is 2.16. The van der Waals surface area contributed by atoms with E-state index in [4.69, 9.17) is 21.8 Å². The first-order valence-corrected chi connectivity index (χ1v) is 9.24. The summed E-state index contributed by atoms with van der Waals surface area (Å²) >= 11 is 13.1. The van der Waals surface area contributed by atoms with Crippen LogP contribution in [0.5, 0.6) is 0 Å². The molecule has 3 rings (SSSR count). The average Bonchev–Trinajstić information content (AvgIpc) is 3.00. The number of nitrogens with one attached hydrogen (secondary N) is 1. The van der Waals surface area contributed by atoms with Crippen molar-refractivity contribution in [2.24, 2.45) is 0 Å². The molecule has 0 spiro atoms. The van der Waals surface area contributed by atoms with Crippen LogP contribution in [-0.2, 0) is 0 Å². The van der Waals surface area contributed by atoms with E-state index >= 15 is 0 Å². The van der Waals surface area contributed by atoms with Crippen LogP contribution < -0.4 is 11.1 Å². The molecule has 0 aliphatic heterocycles. The van der Waals surface area contributed by atoms with Crippen LogP contribution in [0.3, 0.4) is 0 Å². The Bertz CT molecular complexity index is 946. The number of carbonyl (C=O) groups excluding carboxylic acids is 1. The minimum Gasteiger partial charge on any atom is -0.451 e. The van der Waals surface area contributed by atoms with Crippen molar-refractivity contribution in [1.82, 2.24) is 0 Å². The number of furan rings is 1. The molecule has 0 fully saturated rings. The molecule has 0 aliphatic rings. The van der Waals surface area contributed by atoms with Crippen molar-refractivity contribution in [3.8, 4) is 11.3 Å². The van der Waals surface area contributed by atoms with Crippen LogP contribution >= 0.6 is 43.5 Å². The fraction of sp³-hybridized carbons (Fsp3) is 0.0556. The monoisotopic (exact) mass is 482 g/mol. The molecule has 3 N–H and O–H groups in total. The molecule has 0 atom stereocenters. The topological polar surface area (TPSA) is 68.3 Å². The van der Waals surface area contributed by atoms with Gasteiger partial charge in [-0.15, -0.1) is 0 Å². The number of hydrogen-bond donors (Lipinski definition) is 2. The van der Waals surface area contributed by atoms with Crippen LogP contribution in [0.2, 0.25) is 5.02 Å². The average molecular weight is 485 g/mol. The van der Waals surface area contributed by atoms with Crippen molar-refractivity contribution >= 4 is 60.7 Å². The van der Waals surface area contributed by atoms with Crippen molar-refractivity contribution in [2.45, 2.75) is 6.92 Å². The second kappa shape index (κ2) is 7.23. The highest BCUT2D eigenvalue weighted by atomic mass is 79.9. The Hall–Kier alpha value is -1.76. The highest BCUT2D eigenvalue weighted by molar-refractivity contribution is 9.11. The van der Waals surface area contributed by atoms with Gasteiger partial charge < -0.3 is 15.5 Å². The van der Waals surface area contributed by atoms with E-state index in [1.807, 2.05) is 25.1 Å². The molecule has 0 saturated carbocycles. The Morgan fingerprint density at radius 3 is 2.60 bits per heavy atom. The van der Waals surface area contributed by atoms with E-state index < -0.39 is 0 Å². The number of amides is 1. The number of hydrogen-bond acceptors (Lipinski definition) is 3. The number of rotatable bonds is 3. The minimum absolute atomic E-state index is 0.192. The predicted molar refractivity (Wildman–Crippen MR) is 108 cm³/mol. The third kappa shape index (κ3) is 3.92. The number of nitrogens with two attached hydrogens (primary N) is 1. The van der Waals surface area contributed by atoms with Gasteiger partial charge in [0.2, 0.25) is 0 Å². The summed E-state index contributed by atoms with van der Waals surface area (Å²) in [5.74, 6) is 0.399. The van der Waals surface area contributed by atoms with Crippen LogP contribution in [-0.4, -0.2) is 5.91 Å². The first-order valence-electron chi connectivity index (χ1n) is 7.27. The molecular weight excluding hydrogens is 471 g/mol. The second-order valence-corrected chi connectivity index (χ2v) is 7.61. The summed E-state index contributed by atoms with van der Waals surface area (Å²) in [6, 6.07) is 12.4. The van der Waals surface area contributed by atoms with E-state index in [-0.39, 0.29) is 11.7 Å². The van der Waals surface area contributed by atoms with Gasteiger partial charge in [-0.3, -0.25) is 4.79 Å². The Morgan fingerprint density at radius 2 is 1.92 bits per heavy atom. The van der Waals surface area contributed by atoms with Gasteiger partial charge in [-0.2, -0.15) is 0 Å². The molecule has 0 unspecified atom stereocenters. The molecule has 0 saturated heterocycles. The molecule has 0 radical (unpaired) electrons. The first-order chi connectivity index (χ1) is 11.8. The molecule has 0 aliphatic carbocycles. The number of anilines is 2. The number of benzene rings is 2. The van der Waals surface area contributed by atoms with Gasteiger partial charge >= 0.3 is 0 Å². The van der Waals surface area contributed by atoms with Gasteiger partial charge in [0.25, 0.3) is 5.91 Å². The molecule has 2 aromatic carbocycles. The summed E-state index contributed by atoms with van der Waals surface area (Å²) < 4.78 is 7.51. The lowest BCUT2D eigenvalue weighted by molar-refractivity contribution is 0.0997. The summed E-state index contributed by atoms with van der Waals surface area (Å²) in [7, 11) is 0. The quantitative estimate of drug-likeness (QED) is 0.431. The van der Waals surface area contributed by atoms with E-state index in [0.29, 0.717) is 22.2 Å². The minimum atomic E-state index is -0.380. The smallest absolute Gasteiger partial charge is 0.291 e. The summed E-state index contributed by atoms with van der Waals surface area (Å²) in [4.78, 5) is 12.5. The molecule has 128 valence electrons. The number of nitrogen functional groups attached to an aromatic ring is 1. The van der Waals surface area contributed by atoms with Crippen LogP contribution in [0.25, 0.3) is 11.3 Å². The number of aryl methyl sites for hydroxylation is 1. The molecule has 4 nitrogen and oxygen atoms in total. The zero-order valence-corrected chi connectivity index (χ0v) is 17.0. The maximum absolute atomic E-state index is 12.5. The van der Waals surface area contributed by atoms with Crippen molar-refractivity contribution in [2.75, 3.05) is 11.1 Å². The van der Waals surface area contributed by atoms with E-state index in [1.54, 1.807) is 24.3 Å². The lowest BCUT2D eigenvalue weighted by atomic mass is 10.1. The number of carbonyl (C=O) groups is 1. The van der Waals surface area contributed by atoms with Crippen LogP contribution in [0.15, 0.2) is 55.8 Å². The standard InChI is InChI=1S/C18H13Br2ClN2O2/c1-9-6-11(22)8-14(21)17(9)23-18(24)16-5-4-15(25-16)12-3-2-10(19)7-13(12)20/h2-8H,22H2,1H3,(H,23,24). The molecule has 1 heterocycles. The Kier molecular flexibility index (Phi) is 5.22. The van der Waals surface area contributed by atoms with Gasteiger partial charge in [-0.05, 0) is 70.9 Å². The van der Waals surface area contributed by atoms with E-state index in [1.165, 1.54) is 0 Å². The molecule has 3 aromatic rings. The first kappa shape index (κ1) is 18.0. The van der Waals surface area contributed by atoms with Crippen LogP contribution in [0.1, 0.15) is 16.1 Å². The van der Waals surface area contributed by atoms with Crippen LogP contribution in [0.4, 0.5) is 11.4 Å².